The molecular weight excluding hydrogens is 192 g/mol. The van der Waals surface area contributed by atoms with Gasteiger partial charge in [-0.2, -0.15) is 0 Å². The van der Waals surface area contributed by atoms with Crippen molar-refractivity contribution in [3.63, 3.8) is 0 Å². The number of likely N-dealkylation sites (tertiary alicyclic amines) is 1. The molecule has 1 aliphatic carbocycles. The van der Waals surface area contributed by atoms with Crippen molar-refractivity contribution in [2.75, 3.05) is 13.6 Å². The zero-order valence-corrected chi connectivity index (χ0v) is 9.31. The van der Waals surface area contributed by atoms with Gasteiger partial charge in [0.1, 0.15) is 0 Å². The monoisotopic (exact) mass is 208 g/mol. The fraction of sp³-hybridized carbons (Fsp3) is 0.636. The molecule has 0 radical (unpaired) electrons. The maximum absolute atomic E-state index is 6.30. The minimum atomic E-state index is 0.190. The minimum Gasteiger partial charge on any atom is -0.326 e. The first-order valence-corrected chi connectivity index (χ1v) is 6.17. The fourth-order valence-corrected chi connectivity index (χ4v) is 4.15. The van der Waals surface area contributed by atoms with Crippen LogP contribution in [0.4, 0.5) is 0 Å². The van der Waals surface area contributed by atoms with Gasteiger partial charge in [0.05, 0.1) is 5.54 Å². The van der Waals surface area contributed by atoms with Crippen LogP contribution in [0.5, 0.6) is 0 Å². The number of hydrogen-bond acceptors (Lipinski definition) is 3. The van der Waals surface area contributed by atoms with Crippen LogP contribution in [0.2, 0.25) is 0 Å². The molecule has 1 fully saturated rings. The van der Waals surface area contributed by atoms with Crippen LogP contribution in [-0.2, 0) is 12.0 Å². The lowest BCUT2D eigenvalue weighted by molar-refractivity contribution is 0.159. The summed E-state index contributed by atoms with van der Waals surface area (Å²) in [7, 11) is 2.22. The number of fused-ring (bicyclic) bond motifs is 2. The number of rotatable bonds is 0. The van der Waals surface area contributed by atoms with Crippen molar-refractivity contribution in [3.05, 3.63) is 21.9 Å². The second-order valence-corrected chi connectivity index (χ2v) is 5.50. The van der Waals surface area contributed by atoms with E-state index in [4.69, 9.17) is 5.73 Å². The Morgan fingerprint density at radius 1 is 1.64 bits per heavy atom. The van der Waals surface area contributed by atoms with Crippen molar-refractivity contribution in [3.8, 4) is 0 Å². The van der Waals surface area contributed by atoms with Gasteiger partial charge in [-0.1, -0.05) is 0 Å². The third-order valence-electron chi connectivity index (χ3n) is 4.02. The molecule has 76 valence electrons. The van der Waals surface area contributed by atoms with Crippen LogP contribution in [-0.4, -0.2) is 24.5 Å². The van der Waals surface area contributed by atoms with Gasteiger partial charge >= 0.3 is 0 Å². The molecule has 1 saturated heterocycles. The Bertz CT molecular complexity index is 348. The number of thiophene rings is 1. The third-order valence-corrected chi connectivity index (χ3v) is 5.00. The Morgan fingerprint density at radius 3 is 3.21 bits per heavy atom. The predicted octanol–water partition coefficient (Wildman–Crippen LogP) is 1.55. The number of nitrogens with two attached hydrogens (primary N) is 1. The largest absolute Gasteiger partial charge is 0.326 e. The second-order valence-electron chi connectivity index (χ2n) is 4.50. The summed E-state index contributed by atoms with van der Waals surface area (Å²) in [5, 5.41) is 2.21. The van der Waals surface area contributed by atoms with Gasteiger partial charge in [-0.3, -0.25) is 4.90 Å². The fourth-order valence-electron chi connectivity index (χ4n) is 3.19. The maximum Gasteiger partial charge on any atom is 0.0625 e. The van der Waals surface area contributed by atoms with Crippen LogP contribution >= 0.6 is 11.3 Å². The van der Waals surface area contributed by atoms with E-state index in [-0.39, 0.29) is 5.54 Å². The van der Waals surface area contributed by atoms with Crippen molar-refractivity contribution in [2.45, 2.75) is 30.8 Å². The lowest BCUT2D eigenvalue weighted by atomic mass is 9.86. The highest BCUT2D eigenvalue weighted by molar-refractivity contribution is 7.10. The molecule has 3 rings (SSSR count). The first kappa shape index (κ1) is 8.89. The van der Waals surface area contributed by atoms with E-state index in [1.807, 2.05) is 11.3 Å². The molecule has 0 saturated carbocycles. The molecule has 1 aromatic rings. The summed E-state index contributed by atoms with van der Waals surface area (Å²) in [5.74, 6) is 0. The van der Waals surface area contributed by atoms with Gasteiger partial charge in [-0.05, 0) is 43.3 Å². The van der Waals surface area contributed by atoms with Gasteiger partial charge in [0.2, 0.25) is 0 Å². The van der Waals surface area contributed by atoms with E-state index in [1.165, 1.54) is 18.4 Å². The van der Waals surface area contributed by atoms with Crippen LogP contribution in [0.1, 0.15) is 23.3 Å². The Hall–Kier alpha value is -0.380. The van der Waals surface area contributed by atoms with E-state index < -0.39 is 0 Å². The van der Waals surface area contributed by atoms with E-state index in [0.717, 1.165) is 13.0 Å². The highest BCUT2D eigenvalue weighted by Crippen LogP contribution is 2.48. The molecule has 1 aliphatic heterocycles. The number of aryl methyl sites for hydroxylation is 1. The van der Waals surface area contributed by atoms with Crippen LogP contribution in [0, 0.1) is 0 Å². The predicted molar refractivity (Wildman–Crippen MR) is 59.5 cm³/mol. The summed E-state index contributed by atoms with van der Waals surface area (Å²) >= 11 is 1.89. The van der Waals surface area contributed by atoms with Gasteiger partial charge in [0, 0.05) is 17.5 Å². The normalized spacial score (nSPS) is 36.9. The van der Waals surface area contributed by atoms with Crippen molar-refractivity contribution in [1.29, 1.82) is 0 Å². The van der Waals surface area contributed by atoms with Crippen LogP contribution in [0.15, 0.2) is 11.4 Å². The molecule has 0 aromatic carbocycles. The number of hydrogen-bond donors (Lipinski definition) is 1. The highest BCUT2D eigenvalue weighted by Gasteiger charge is 2.50. The molecule has 2 atom stereocenters. The summed E-state index contributed by atoms with van der Waals surface area (Å²) in [4.78, 5) is 4.03. The first-order valence-electron chi connectivity index (χ1n) is 5.29. The smallest absolute Gasteiger partial charge is 0.0625 e. The SMILES string of the molecule is CN1CCC(N)C12CCc1sccc12. The van der Waals surface area contributed by atoms with E-state index >= 15 is 0 Å². The van der Waals surface area contributed by atoms with Gasteiger partial charge in [-0.25, -0.2) is 0 Å². The lowest BCUT2D eigenvalue weighted by Gasteiger charge is -2.36. The zero-order valence-electron chi connectivity index (χ0n) is 8.49. The van der Waals surface area contributed by atoms with Crippen LogP contribution < -0.4 is 5.73 Å². The molecule has 0 amide bonds. The van der Waals surface area contributed by atoms with Crippen LogP contribution in [0.25, 0.3) is 0 Å². The summed E-state index contributed by atoms with van der Waals surface area (Å²) in [6, 6.07) is 2.62. The minimum absolute atomic E-state index is 0.190. The van der Waals surface area contributed by atoms with Crippen molar-refractivity contribution >= 4 is 11.3 Å². The summed E-state index contributed by atoms with van der Waals surface area (Å²) < 4.78 is 0. The molecule has 1 spiro atoms. The molecule has 2 heterocycles. The second kappa shape index (κ2) is 2.81. The molecule has 1 aromatic heterocycles. The molecule has 2 aliphatic rings. The molecule has 3 heteroatoms. The van der Waals surface area contributed by atoms with E-state index in [1.54, 1.807) is 4.88 Å². The summed E-state index contributed by atoms with van der Waals surface area (Å²) in [6.07, 6.45) is 3.60. The standard InChI is InChI=1S/C11H16N2S/c1-13-6-3-10(12)11(13)5-2-9-8(11)4-7-14-9/h4,7,10H,2-3,5-6,12H2,1H3. The van der Waals surface area contributed by atoms with Crippen molar-refractivity contribution < 1.29 is 0 Å². The molecular formula is C11H16N2S. The van der Waals surface area contributed by atoms with Crippen molar-refractivity contribution in [1.82, 2.24) is 4.90 Å². The van der Waals surface area contributed by atoms with E-state index in [2.05, 4.69) is 23.4 Å². The molecule has 2 unspecified atom stereocenters. The average Bonchev–Trinajstić information content (AvgIpc) is 2.78. The molecule has 0 bridgehead atoms. The highest BCUT2D eigenvalue weighted by atomic mass is 32.1. The topological polar surface area (TPSA) is 29.3 Å². The summed E-state index contributed by atoms with van der Waals surface area (Å²) in [5.41, 5.74) is 8.02. The van der Waals surface area contributed by atoms with E-state index in [0.29, 0.717) is 6.04 Å². The number of nitrogens with zero attached hydrogens (tertiary/aromatic N) is 1. The Balaban J connectivity index is 2.14. The zero-order chi connectivity index (χ0) is 9.76. The van der Waals surface area contributed by atoms with Gasteiger partial charge in [-0.15, -0.1) is 11.3 Å². The first-order chi connectivity index (χ1) is 6.75. The average molecular weight is 208 g/mol. The van der Waals surface area contributed by atoms with Gasteiger partial charge in [0.15, 0.2) is 0 Å². The Kier molecular flexibility index (Phi) is 1.79. The Labute approximate surface area is 88.7 Å². The third kappa shape index (κ3) is 0.879. The molecule has 2 N–H and O–H groups in total. The van der Waals surface area contributed by atoms with Gasteiger partial charge in [0.25, 0.3) is 0 Å². The number of likely N-dealkylation sites (N-methyl/N-ethyl adjacent to an activating group) is 1. The van der Waals surface area contributed by atoms with Crippen molar-refractivity contribution in [2.24, 2.45) is 5.73 Å². The van der Waals surface area contributed by atoms with Crippen LogP contribution in [0.3, 0.4) is 0 Å². The Morgan fingerprint density at radius 2 is 2.50 bits per heavy atom. The quantitative estimate of drug-likeness (QED) is 0.701. The van der Waals surface area contributed by atoms with E-state index in [9.17, 15) is 0 Å². The summed E-state index contributed by atoms with van der Waals surface area (Å²) in [6.45, 7) is 1.15. The lowest BCUT2D eigenvalue weighted by Crippen LogP contribution is -2.47. The maximum atomic E-state index is 6.30. The van der Waals surface area contributed by atoms with Gasteiger partial charge < -0.3 is 5.73 Å². The molecule has 14 heavy (non-hydrogen) atoms. The molecule has 2 nitrogen and oxygen atoms in total.